The molecule has 1 rings (SSSR count). The number of nitrogens with one attached hydrogen (secondary N) is 3. The molecule has 0 saturated carbocycles. The summed E-state index contributed by atoms with van der Waals surface area (Å²) < 4.78 is 0. The molecule has 21 heavy (non-hydrogen) atoms. The normalized spacial score (nSPS) is 11.4. The zero-order valence-corrected chi connectivity index (χ0v) is 11.8. The second kappa shape index (κ2) is 8.20. The minimum absolute atomic E-state index is 0.0323. The number of halogens is 1. The van der Waals surface area contributed by atoms with Gasteiger partial charge < -0.3 is 5.32 Å². The maximum absolute atomic E-state index is 12.0. The van der Waals surface area contributed by atoms with Crippen LogP contribution in [0.2, 0.25) is 5.02 Å². The first kappa shape index (κ1) is 16.9. The molecule has 0 aromatic heterocycles. The number of rotatable bonds is 6. The van der Waals surface area contributed by atoms with E-state index in [9.17, 15) is 14.4 Å². The van der Waals surface area contributed by atoms with Crippen molar-refractivity contribution in [1.29, 1.82) is 0 Å². The largest absolute Gasteiger partial charge is 0.340 e. The van der Waals surface area contributed by atoms with Gasteiger partial charge in [-0.25, -0.2) is 11.7 Å². The number of hydrogen-bond acceptors (Lipinski definition) is 5. The summed E-state index contributed by atoms with van der Waals surface area (Å²) in [7, 11) is 0. The lowest BCUT2D eigenvalue weighted by atomic mass is 10.1. The molecular formula is C12H16ClN5O3. The van der Waals surface area contributed by atoms with Gasteiger partial charge in [-0.15, -0.1) is 0 Å². The van der Waals surface area contributed by atoms with E-state index in [1.165, 1.54) is 12.1 Å². The summed E-state index contributed by atoms with van der Waals surface area (Å²) in [4.78, 5) is 34.7. The van der Waals surface area contributed by atoms with Crippen LogP contribution in [-0.2, 0) is 9.59 Å². The molecule has 9 heteroatoms. The molecule has 0 radical (unpaired) electrons. The number of amides is 3. The molecule has 0 heterocycles. The van der Waals surface area contributed by atoms with E-state index in [0.717, 1.165) is 0 Å². The van der Waals surface area contributed by atoms with Crippen LogP contribution >= 0.6 is 11.6 Å². The van der Waals surface area contributed by atoms with Gasteiger partial charge in [0.15, 0.2) is 0 Å². The van der Waals surface area contributed by atoms with E-state index < -0.39 is 23.8 Å². The number of hydrogen-bond donors (Lipinski definition) is 5. The van der Waals surface area contributed by atoms with Crippen LogP contribution in [0.1, 0.15) is 23.2 Å². The van der Waals surface area contributed by atoms with Gasteiger partial charge in [-0.3, -0.25) is 25.2 Å². The van der Waals surface area contributed by atoms with Crippen LogP contribution in [0, 0.1) is 0 Å². The molecule has 0 bridgehead atoms. The standard InChI is InChI=1S/C12H16ClN5O3/c13-8-3-1-7(2-4-8)11(20)16-9(12(21)18-15)5-6-10(19)17-14/h1-4,9H,5-6,14-15H2,(H,16,20)(H,17,19)(H,18,21). The number of carbonyl (C=O) groups is 3. The lowest BCUT2D eigenvalue weighted by Gasteiger charge is -2.16. The van der Waals surface area contributed by atoms with Crippen molar-refractivity contribution in [2.24, 2.45) is 11.7 Å². The summed E-state index contributed by atoms with van der Waals surface area (Å²) in [5.74, 6) is 8.46. The van der Waals surface area contributed by atoms with Crippen molar-refractivity contribution in [1.82, 2.24) is 16.2 Å². The van der Waals surface area contributed by atoms with Crippen molar-refractivity contribution in [3.8, 4) is 0 Å². The molecule has 8 nitrogen and oxygen atoms in total. The van der Waals surface area contributed by atoms with E-state index in [1.807, 2.05) is 10.9 Å². The fourth-order valence-corrected chi connectivity index (χ4v) is 1.69. The number of benzene rings is 1. The molecule has 114 valence electrons. The van der Waals surface area contributed by atoms with Gasteiger partial charge >= 0.3 is 0 Å². The first-order valence-corrected chi connectivity index (χ1v) is 6.42. The van der Waals surface area contributed by atoms with Gasteiger partial charge in [-0.05, 0) is 30.7 Å². The highest BCUT2D eigenvalue weighted by atomic mass is 35.5. The fourth-order valence-electron chi connectivity index (χ4n) is 1.56. The Labute approximate surface area is 126 Å². The van der Waals surface area contributed by atoms with Crippen molar-refractivity contribution in [2.45, 2.75) is 18.9 Å². The van der Waals surface area contributed by atoms with Crippen molar-refractivity contribution in [3.63, 3.8) is 0 Å². The lowest BCUT2D eigenvalue weighted by Crippen LogP contribution is -2.49. The molecule has 0 aliphatic rings. The summed E-state index contributed by atoms with van der Waals surface area (Å²) >= 11 is 5.73. The second-order valence-electron chi connectivity index (χ2n) is 4.15. The SMILES string of the molecule is NNC(=O)CCC(NC(=O)c1ccc(Cl)cc1)C(=O)NN. The molecule has 0 spiro atoms. The van der Waals surface area contributed by atoms with Gasteiger partial charge in [0.05, 0.1) is 0 Å². The van der Waals surface area contributed by atoms with E-state index >= 15 is 0 Å². The van der Waals surface area contributed by atoms with Gasteiger partial charge in [0.2, 0.25) is 5.91 Å². The molecule has 1 aromatic rings. The summed E-state index contributed by atoms with van der Waals surface area (Å²) in [5, 5.41) is 2.98. The number of nitrogens with two attached hydrogens (primary N) is 2. The Kier molecular flexibility index (Phi) is 6.60. The second-order valence-corrected chi connectivity index (χ2v) is 4.58. The van der Waals surface area contributed by atoms with E-state index in [2.05, 4.69) is 5.32 Å². The van der Waals surface area contributed by atoms with Crippen LogP contribution < -0.4 is 27.9 Å². The Morgan fingerprint density at radius 2 is 1.71 bits per heavy atom. The van der Waals surface area contributed by atoms with Gasteiger partial charge in [0.1, 0.15) is 6.04 Å². The maximum Gasteiger partial charge on any atom is 0.256 e. The molecule has 0 fully saturated rings. The topological polar surface area (TPSA) is 139 Å². The molecule has 1 atom stereocenters. The Bertz CT molecular complexity index is 520. The maximum atomic E-state index is 12.0. The minimum Gasteiger partial charge on any atom is -0.340 e. The quantitative estimate of drug-likeness (QED) is 0.266. The first-order chi connectivity index (χ1) is 9.97. The highest BCUT2D eigenvalue weighted by Crippen LogP contribution is 2.10. The Balaban J connectivity index is 2.71. The summed E-state index contributed by atoms with van der Waals surface area (Å²) in [5.41, 5.74) is 4.21. The number of hydrazine groups is 2. The van der Waals surface area contributed by atoms with Gasteiger partial charge in [-0.2, -0.15) is 0 Å². The van der Waals surface area contributed by atoms with Crippen molar-refractivity contribution < 1.29 is 14.4 Å². The molecule has 1 unspecified atom stereocenters. The average Bonchev–Trinajstić information content (AvgIpc) is 2.50. The average molecular weight is 314 g/mol. The molecule has 3 amide bonds. The van der Waals surface area contributed by atoms with Gasteiger partial charge in [-0.1, -0.05) is 11.6 Å². The third kappa shape index (κ3) is 5.38. The van der Waals surface area contributed by atoms with Crippen molar-refractivity contribution in [2.75, 3.05) is 0 Å². The van der Waals surface area contributed by atoms with E-state index in [4.69, 9.17) is 23.3 Å². The fraction of sp³-hybridized carbons (Fsp3) is 0.250. The first-order valence-electron chi connectivity index (χ1n) is 6.04. The summed E-state index contributed by atoms with van der Waals surface area (Å²) in [6.07, 6.45) is 0.0287. The van der Waals surface area contributed by atoms with Gasteiger partial charge in [0.25, 0.3) is 11.8 Å². The van der Waals surface area contributed by atoms with E-state index in [-0.39, 0.29) is 12.8 Å². The molecule has 0 saturated heterocycles. The Hall–Kier alpha value is -2.16. The lowest BCUT2D eigenvalue weighted by molar-refractivity contribution is -0.124. The Morgan fingerprint density at radius 1 is 1.10 bits per heavy atom. The molecule has 0 aliphatic heterocycles. The van der Waals surface area contributed by atoms with Crippen LogP contribution in [0.4, 0.5) is 0 Å². The highest BCUT2D eigenvalue weighted by molar-refractivity contribution is 6.30. The zero-order valence-electron chi connectivity index (χ0n) is 11.1. The highest BCUT2D eigenvalue weighted by Gasteiger charge is 2.21. The van der Waals surface area contributed by atoms with Crippen LogP contribution in [0.3, 0.4) is 0 Å². The smallest absolute Gasteiger partial charge is 0.256 e. The molecule has 7 N–H and O–H groups in total. The third-order valence-electron chi connectivity index (χ3n) is 2.69. The van der Waals surface area contributed by atoms with Crippen LogP contribution in [0.15, 0.2) is 24.3 Å². The van der Waals surface area contributed by atoms with Gasteiger partial charge in [0, 0.05) is 17.0 Å². The number of carbonyl (C=O) groups excluding carboxylic acids is 3. The van der Waals surface area contributed by atoms with Crippen LogP contribution in [0.5, 0.6) is 0 Å². The predicted molar refractivity (Wildman–Crippen MR) is 76.6 cm³/mol. The van der Waals surface area contributed by atoms with Crippen LogP contribution in [-0.4, -0.2) is 23.8 Å². The minimum atomic E-state index is -0.949. The summed E-state index contributed by atoms with van der Waals surface area (Å²) in [6, 6.07) is 5.19. The Morgan fingerprint density at radius 3 is 2.24 bits per heavy atom. The van der Waals surface area contributed by atoms with E-state index in [0.29, 0.717) is 10.6 Å². The predicted octanol–water partition coefficient (Wildman–Crippen LogP) is -0.802. The van der Waals surface area contributed by atoms with Crippen molar-refractivity contribution >= 4 is 29.3 Å². The van der Waals surface area contributed by atoms with Crippen LogP contribution in [0.25, 0.3) is 0 Å². The molecular weight excluding hydrogens is 298 g/mol. The molecule has 0 aliphatic carbocycles. The third-order valence-corrected chi connectivity index (χ3v) is 2.94. The van der Waals surface area contributed by atoms with E-state index in [1.54, 1.807) is 12.1 Å². The molecule has 1 aromatic carbocycles. The van der Waals surface area contributed by atoms with Crippen molar-refractivity contribution in [3.05, 3.63) is 34.9 Å². The summed E-state index contributed by atoms with van der Waals surface area (Å²) in [6.45, 7) is 0. The zero-order chi connectivity index (χ0) is 15.8. The monoisotopic (exact) mass is 313 g/mol.